The molecule has 0 bridgehead atoms. The number of amides is 1. The van der Waals surface area contributed by atoms with Crippen LogP contribution in [0.3, 0.4) is 0 Å². The van der Waals surface area contributed by atoms with Gasteiger partial charge in [0.2, 0.25) is 5.91 Å². The molecule has 4 nitrogen and oxygen atoms in total. The van der Waals surface area contributed by atoms with E-state index in [2.05, 4.69) is 22.4 Å². The zero-order chi connectivity index (χ0) is 14.7. The van der Waals surface area contributed by atoms with E-state index in [1.165, 1.54) is 5.56 Å². The van der Waals surface area contributed by atoms with E-state index in [0.717, 1.165) is 50.9 Å². The Morgan fingerprint density at radius 2 is 2.05 bits per heavy atom. The van der Waals surface area contributed by atoms with Crippen molar-refractivity contribution >= 4 is 5.91 Å². The smallest absolute Gasteiger partial charge is 0.223 e. The van der Waals surface area contributed by atoms with Crippen LogP contribution >= 0.6 is 0 Å². The lowest BCUT2D eigenvalue weighted by Gasteiger charge is -2.32. The predicted octanol–water partition coefficient (Wildman–Crippen LogP) is 2.05. The van der Waals surface area contributed by atoms with Gasteiger partial charge in [0.25, 0.3) is 0 Å². The molecule has 1 aromatic rings. The third kappa shape index (κ3) is 3.83. The molecule has 1 aliphatic heterocycles. The van der Waals surface area contributed by atoms with Gasteiger partial charge in [0.15, 0.2) is 0 Å². The molecule has 0 aromatic heterocycles. The Labute approximate surface area is 125 Å². The van der Waals surface area contributed by atoms with E-state index in [4.69, 9.17) is 5.26 Å². The summed E-state index contributed by atoms with van der Waals surface area (Å²) in [6.45, 7) is 2.90. The number of carbonyl (C=O) groups is 1. The van der Waals surface area contributed by atoms with E-state index < -0.39 is 0 Å². The number of carbonyl (C=O) groups excluding carboxylic acids is 1. The molecule has 1 N–H and O–H groups in total. The summed E-state index contributed by atoms with van der Waals surface area (Å²) < 4.78 is 0. The molecule has 0 radical (unpaired) electrons. The van der Waals surface area contributed by atoms with Crippen LogP contribution in [0, 0.1) is 17.2 Å². The van der Waals surface area contributed by atoms with Crippen molar-refractivity contribution in [1.29, 1.82) is 5.26 Å². The topological polar surface area (TPSA) is 56.1 Å². The lowest BCUT2D eigenvalue weighted by atomic mass is 10.0. The van der Waals surface area contributed by atoms with E-state index in [1.54, 1.807) is 0 Å². The Morgan fingerprint density at radius 1 is 1.29 bits per heavy atom. The van der Waals surface area contributed by atoms with Crippen LogP contribution in [-0.2, 0) is 11.3 Å². The van der Waals surface area contributed by atoms with E-state index in [1.807, 2.05) is 18.2 Å². The van der Waals surface area contributed by atoms with Crippen molar-refractivity contribution in [2.75, 3.05) is 13.1 Å². The van der Waals surface area contributed by atoms with Crippen molar-refractivity contribution in [3.05, 3.63) is 35.4 Å². The first-order chi connectivity index (χ1) is 10.2. The second kappa shape index (κ2) is 6.28. The molecule has 0 unspecified atom stereocenters. The number of benzene rings is 1. The van der Waals surface area contributed by atoms with Gasteiger partial charge in [-0.15, -0.1) is 0 Å². The van der Waals surface area contributed by atoms with Gasteiger partial charge in [0.05, 0.1) is 11.6 Å². The number of hydrogen-bond donors (Lipinski definition) is 1. The molecule has 0 spiro atoms. The fourth-order valence-corrected chi connectivity index (χ4v) is 2.90. The number of rotatable bonds is 4. The van der Waals surface area contributed by atoms with Crippen LogP contribution in [0.1, 0.15) is 36.8 Å². The minimum absolute atomic E-state index is 0.259. The summed E-state index contributed by atoms with van der Waals surface area (Å²) >= 11 is 0. The molecule has 0 atom stereocenters. The normalized spacial score (nSPS) is 20.0. The average Bonchev–Trinajstić information content (AvgIpc) is 3.34. The maximum absolute atomic E-state index is 11.8. The van der Waals surface area contributed by atoms with E-state index in [-0.39, 0.29) is 5.91 Å². The van der Waals surface area contributed by atoms with Gasteiger partial charge in [-0.05, 0) is 43.4 Å². The highest BCUT2D eigenvalue weighted by molar-refractivity contribution is 5.81. The van der Waals surface area contributed by atoms with Crippen molar-refractivity contribution in [3.8, 4) is 6.07 Å². The molecule has 1 heterocycles. The largest absolute Gasteiger partial charge is 0.353 e. The molecule has 110 valence electrons. The number of likely N-dealkylation sites (tertiary alicyclic amines) is 1. The first-order valence-electron chi connectivity index (χ1n) is 7.76. The number of piperidine rings is 1. The lowest BCUT2D eigenvalue weighted by Crippen LogP contribution is -2.44. The van der Waals surface area contributed by atoms with E-state index >= 15 is 0 Å². The lowest BCUT2D eigenvalue weighted by molar-refractivity contribution is -0.123. The molecule has 1 aliphatic carbocycles. The Balaban J connectivity index is 1.46. The molecule has 3 rings (SSSR count). The number of nitriles is 1. The van der Waals surface area contributed by atoms with Crippen LogP contribution in [0.15, 0.2) is 24.3 Å². The Bertz CT molecular complexity index is 551. The summed E-state index contributed by atoms with van der Waals surface area (Å²) in [4.78, 5) is 14.2. The third-order valence-corrected chi connectivity index (χ3v) is 4.34. The van der Waals surface area contributed by atoms with Gasteiger partial charge in [0.1, 0.15) is 0 Å². The standard InChI is InChI=1S/C17H21N3O/c18-11-13-2-1-3-14(10-13)12-20-8-6-16(7-9-20)19-17(21)15-4-5-15/h1-3,10,15-16H,4-9,12H2,(H,19,21). The van der Waals surface area contributed by atoms with E-state index in [0.29, 0.717) is 12.0 Å². The summed E-state index contributed by atoms with van der Waals surface area (Å²) in [5, 5.41) is 12.1. The quantitative estimate of drug-likeness (QED) is 0.920. The summed E-state index contributed by atoms with van der Waals surface area (Å²) in [6, 6.07) is 10.3. The van der Waals surface area contributed by atoms with Gasteiger partial charge in [-0.25, -0.2) is 0 Å². The highest BCUT2D eigenvalue weighted by Gasteiger charge is 2.31. The van der Waals surface area contributed by atoms with Crippen molar-refractivity contribution in [1.82, 2.24) is 10.2 Å². The first kappa shape index (κ1) is 14.1. The van der Waals surface area contributed by atoms with Crippen molar-refractivity contribution < 1.29 is 4.79 Å². The molecule has 1 saturated carbocycles. The second-order valence-corrected chi connectivity index (χ2v) is 6.15. The molecular formula is C17H21N3O. The highest BCUT2D eigenvalue weighted by Crippen LogP contribution is 2.29. The van der Waals surface area contributed by atoms with Crippen LogP contribution in [0.4, 0.5) is 0 Å². The van der Waals surface area contributed by atoms with Gasteiger partial charge < -0.3 is 5.32 Å². The number of hydrogen-bond acceptors (Lipinski definition) is 3. The van der Waals surface area contributed by atoms with Crippen LogP contribution in [-0.4, -0.2) is 29.9 Å². The van der Waals surface area contributed by atoms with Crippen LogP contribution < -0.4 is 5.32 Å². The fraction of sp³-hybridized carbons (Fsp3) is 0.529. The SMILES string of the molecule is N#Cc1cccc(CN2CCC(NC(=O)C3CC3)CC2)c1. The second-order valence-electron chi connectivity index (χ2n) is 6.15. The molecule has 4 heteroatoms. The van der Waals surface area contributed by atoms with Gasteiger partial charge in [0, 0.05) is 31.6 Å². The molecule has 1 aromatic carbocycles. The maximum atomic E-state index is 11.8. The Hall–Kier alpha value is -1.86. The summed E-state index contributed by atoms with van der Waals surface area (Å²) in [6.07, 6.45) is 4.19. The maximum Gasteiger partial charge on any atom is 0.223 e. The zero-order valence-electron chi connectivity index (χ0n) is 12.2. The Kier molecular flexibility index (Phi) is 4.21. The zero-order valence-corrected chi connectivity index (χ0v) is 12.2. The van der Waals surface area contributed by atoms with Crippen molar-refractivity contribution in [3.63, 3.8) is 0 Å². The molecule has 1 saturated heterocycles. The Morgan fingerprint density at radius 3 is 2.71 bits per heavy atom. The summed E-state index contributed by atoms with van der Waals surface area (Å²) in [5.74, 6) is 0.562. The fourth-order valence-electron chi connectivity index (χ4n) is 2.90. The summed E-state index contributed by atoms with van der Waals surface area (Å²) in [7, 11) is 0. The van der Waals surface area contributed by atoms with Gasteiger partial charge in [-0.1, -0.05) is 12.1 Å². The van der Waals surface area contributed by atoms with Crippen molar-refractivity contribution in [2.24, 2.45) is 5.92 Å². The molecule has 2 aliphatic rings. The molecule has 21 heavy (non-hydrogen) atoms. The third-order valence-electron chi connectivity index (χ3n) is 4.34. The number of nitrogens with one attached hydrogen (secondary N) is 1. The summed E-state index contributed by atoms with van der Waals surface area (Å²) in [5.41, 5.74) is 1.91. The monoisotopic (exact) mass is 283 g/mol. The highest BCUT2D eigenvalue weighted by atomic mass is 16.2. The minimum atomic E-state index is 0.259. The van der Waals surface area contributed by atoms with Gasteiger partial charge in [-0.2, -0.15) is 5.26 Å². The van der Waals surface area contributed by atoms with Crippen LogP contribution in [0.25, 0.3) is 0 Å². The average molecular weight is 283 g/mol. The van der Waals surface area contributed by atoms with Crippen LogP contribution in [0.2, 0.25) is 0 Å². The minimum Gasteiger partial charge on any atom is -0.353 e. The van der Waals surface area contributed by atoms with Gasteiger partial charge >= 0.3 is 0 Å². The molecular weight excluding hydrogens is 262 g/mol. The van der Waals surface area contributed by atoms with Crippen molar-refractivity contribution in [2.45, 2.75) is 38.3 Å². The van der Waals surface area contributed by atoms with E-state index in [9.17, 15) is 4.79 Å². The first-order valence-corrected chi connectivity index (χ1v) is 7.76. The molecule has 2 fully saturated rings. The van der Waals surface area contributed by atoms with Crippen LogP contribution in [0.5, 0.6) is 0 Å². The number of nitrogens with zero attached hydrogens (tertiary/aromatic N) is 2. The predicted molar refractivity (Wildman–Crippen MR) is 80.3 cm³/mol. The molecule has 1 amide bonds. The van der Waals surface area contributed by atoms with Gasteiger partial charge in [-0.3, -0.25) is 9.69 Å².